The molecule has 2 aliphatic rings. The number of fused-ring (bicyclic) bond motifs is 1. The van der Waals surface area contributed by atoms with Crippen LogP contribution in [0.1, 0.15) is 42.1 Å². The Balaban J connectivity index is 1.80. The molecule has 3 nitrogen and oxygen atoms in total. The van der Waals surface area contributed by atoms with E-state index in [-0.39, 0.29) is 11.9 Å². The second kappa shape index (κ2) is 4.89. The van der Waals surface area contributed by atoms with Crippen LogP contribution in [0.2, 0.25) is 0 Å². The highest BCUT2D eigenvalue weighted by Gasteiger charge is 2.49. The second-order valence-electron chi connectivity index (χ2n) is 5.80. The van der Waals surface area contributed by atoms with Crippen molar-refractivity contribution in [1.82, 2.24) is 0 Å². The normalized spacial score (nSPS) is 28.2. The summed E-state index contributed by atoms with van der Waals surface area (Å²) in [4.78, 5) is 24.9. The highest BCUT2D eigenvalue weighted by atomic mass is 16.5. The molecule has 20 heavy (non-hydrogen) atoms. The Kier molecular flexibility index (Phi) is 3.20. The van der Waals surface area contributed by atoms with Crippen molar-refractivity contribution in [2.24, 2.45) is 5.41 Å². The van der Waals surface area contributed by atoms with Crippen molar-refractivity contribution in [3.63, 3.8) is 0 Å². The van der Waals surface area contributed by atoms with E-state index in [9.17, 15) is 9.59 Å². The topological polar surface area (TPSA) is 43.4 Å². The van der Waals surface area contributed by atoms with Crippen molar-refractivity contribution in [1.29, 1.82) is 0 Å². The van der Waals surface area contributed by atoms with Gasteiger partial charge in [0.15, 0.2) is 5.78 Å². The van der Waals surface area contributed by atoms with Crippen LogP contribution in [0, 0.1) is 5.41 Å². The summed E-state index contributed by atoms with van der Waals surface area (Å²) in [6.45, 7) is 1.70. The molecule has 3 heteroatoms. The number of ketones is 1. The molecule has 2 aliphatic carbocycles. The molecule has 0 amide bonds. The fourth-order valence-electron chi connectivity index (χ4n) is 2.97. The SMILES string of the molecule is CC1(C(=O)OC2C=CCCC2)Cc2ccccc2C1=O. The van der Waals surface area contributed by atoms with Gasteiger partial charge in [0.2, 0.25) is 0 Å². The molecule has 104 valence electrons. The Morgan fingerprint density at radius 1 is 1.35 bits per heavy atom. The third kappa shape index (κ3) is 2.07. The van der Waals surface area contributed by atoms with Crippen molar-refractivity contribution in [2.45, 2.75) is 38.7 Å². The molecule has 3 rings (SSSR count). The van der Waals surface area contributed by atoms with Crippen molar-refractivity contribution >= 4 is 11.8 Å². The summed E-state index contributed by atoms with van der Waals surface area (Å²) in [5.41, 5.74) is 0.539. The van der Waals surface area contributed by atoms with Crippen LogP contribution in [-0.2, 0) is 16.0 Å². The van der Waals surface area contributed by atoms with Gasteiger partial charge in [0.1, 0.15) is 11.5 Å². The number of carbonyl (C=O) groups excluding carboxylic acids is 2. The average Bonchev–Trinajstić information content (AvgIpc) is 2.73. The molecule has 0 bridgehead atoms. The van der Waals surface area contributed by atoms with Gasteiger partial charge in [-0.25, -0.2) is 0 Å². The molecular formula is C17H18O3. The number of carbonyl (C=O) groups is 2. The first kappa shape index (κ1) is 13.1. The molecule has 1 aromatic carbocycles. The highest BCUT2D eigenvalue weighted by molar-refractivity contribution is 6.15. The first-order valence-electron chi connectivity index (χ1n) is 7.12. The molecule has 1 aromatic rings. The largest absolute Gasteiger partial charge is 0.457 e. The quantitative estimate of drug-likeness (QED) is 0.471. The molecule has 0 heterocycles. The van der Waals surface area contributed by atoms with Crippen LogP contribution in [0.25, 0.3) is 0 Å². The molecule has 0 N–H and O–H groups in total. The number of esters is 1. The number of ether oxygens (including phenoxy) is 1. The zero-order valence-electron chi connectivity index (χ0n) is 11.6. The van der Waals surface area contributed by atoms with Gasteiger partial charge in [-0.3, -0.25) is 9.59 Å². The average molecular weight is 270 g/mol. The minimum atomic E-state index is -1.06. The van der Waals surface area contributed by atoms with Gasteiger partial charge in [-0.05, 0) is 44.2 Å². The maximum atomic E-state index is 12.5. The maximum Gasteiger partial charge on any atom is 0.320 e. The zero-order chi connectivity index (χ0) is 14.2. The van der Waals surface area contributed by atoms with E-state index in [1.807, 2.05) is 30.4 Å². The summed E-state index contributed by atoms with van der Waals surface area (Å²) < 4.78 is 5.53. The minimum Gasteiger partial charge on any atom is -0.457 e. The van der Waals surface area contributed by atoms with Gasteiger partial charge in [0, 0.05) is 5.56 Å². The predicted molar refractivity (Wildman–Crippen MR) is 75.5 cm³/mol. The lowest BCUT2D eigenvalue weighted by molar-refractivity contribution is -0.155. The van der Waals surface area contributed by atoms with Crippen molar-refractivity contribution in [2.75, 3.05) is 0 Å². The highest BCUT2D eigenvalue weighted by Crippen LogP contribution is 2.38. The van der Waals surface area contributed by atoms with Crippen LogP contribution < -0.4 is 0 Å². The number of hydrogen-bond acceptors (Lipinski definition) is 3. The lowest BCUT2D eigenvalue weighted by Gasteiger charge is -2.24. The monoisotopic (exact) mass is 270 g/mol. The number of hydrogen-bond donors (Lipinski definition) is 0. The Morgan fingerprint density at radius 2 is 2.15 bits per heavy atom. The van der Waals surface area contributed by atoms with E-state index in [0.29, 0.717) is 12.0 Å². The molecule has 0 saturated heterocycles. The third-order valence-corrected chi connectivity index (χ3v) is 4.23. The van der Waals surface area contributed by atoms with E-state index in [2.05, 4.69) is 0 Å². The van der Waals surface area contributed by atoms with Crippen LogP contribution in [0.15, 0.2) is 36.4 Å². The summed E-state index contributed by atoms with van der Waals surface area (Å²) in [7, 11) is 0. The van der Waals surface area contributed by atoms with Gasteiger partial charge in [-0.2, -0.15) is 0 Å². The molecule has 2 atom stereocenters. The summed E-state index contributed by atoms with van der Waals surface area (Å²) in [6.07, 6.45) is 7.14. The second-order valence-corrected chi connectivity index (χ2v) is 5.80. The minimum absolute atomic E-state index is 0.113. The van der Waals surface area contributed by atoms with Crippen LogP contribution in [0.4, 0.5) is 0 Å². The van der Waals surface area contributed by atoms with Gasteiger partial charge >= 0.3 is 5.97 Å². The van der Waals surface area contributed by atoms with Crippen LogP contribution >= 0.6 is 0 Å². The van der Waals surface area contributed by atoms with E-state index >= 15 is 0 Å². The third-order valence-electron chi connectivity index (χ3n) is 4.23. The Morgan fingerprint density at radius 3 is 2.85 bits per heavy atom. The fourth-order valence-corrected chi connectivity index (χ4v) is 2.97. The Hall–Kier alpha value is -1.90. The van der Waals surface area contributed by atoms with E-state index in [1.165, 1.54) is 0 Å². The van der Waals surface area contributed by atoms with Gasteiger partial charge in [0.25, 0.3) is 0 Å². The molecule has 0 fully saturated rings. The van der Waals surface area contributed by atoms with Crippen molar-refractivity contribution in [3.8, 4) is 0 Å². The fraction of sp³-hybridized carbons (Fsp3) is 0.412. The van der Waals surface area contributed by atoms with Crippen molar-refractivity contribution in [3.05, 3.63) is 47.5 Å². The molecule has 0 aliphatic heterocycles. The summed E-state index contributed by atoms with van der Waals surface area (Å²) in [5, 5.41) is 0. The Labute approximate surface area is 118 Å². The summed E-state index contributed by atoms with van der Waals surface area (Å²) in [6, 6.07) is 7.42. The van der Waals surface area contributed by atoms with E-state index in [0.717, 1.165) is 24.8 Å². The smallest absolute Gasteiger partial charge is 0.320 e. The number of rotatable bonds is 2. The van der Waals surface area contributed by atoms with Gasteiger partial charge in [0.05, 0.1) is 0 Å². The summed E-state index contributed by atoms with van der Waals surface area (Å²) in [5.74, 6) is -0.506. The number of Topliss-reactive ketones (excluding diaryl/α,β-unsaturated/α-hetero) is 1. The first-order chi connectivity index (χ1) is 9.61. The number of allylic oxidation sites excluding steroid dienone is 1. The molecule has 0 spiro atoms. The van der Waals surface area contributed by atoms with Crippen LogP contribution in [-0.4, -0.2) is 17.9 Å². The van der Waals surface area contributed by atoms with Gasteiger partial charge < -0.3 is 4.74 Å². The van der Waals surface area contributed by atoms with Crippen molar-refractivity contribution < 1.29 is 14.3 Å². The van der Waals surface area contributed by atoms with Crippen LogP contribution in [0.3, 0.4) is 0 Å². The number of benzene rings is 1. The molecule has 2 unspecified atom stereocenters. The predicted octanol–water partition coefficient (Wildman–Crippen LogP) is 3.08. The molecule has 0 saturated carbocycles. The van der Waals surface area contributed by atoms with E-state index in [4.69, 9.17) is 4.74 Å². The molecule has 0 aromatic heterocycles. The first-order valence-corrected chi connectivity index (χ1v) is 7.12. The van der Waals surface area contributed by atoms with E-state index in [1.54, 1.807) is 13.0 Å². The van der Waals surface area contributed by atoms with E-state index < -0.39 is 11.4 Å². The standard InChI is InChI=1S/C17H18O3/c1-17(16(19)20-13-8-3-2-4-9-13)11-12-7-5-6-10-14(12)15(17)18/h3,5-8,10,13H,2,4,9,11H2,1H3. The molecule has 0 radical (unpaired) electrons. The lowest BCUT2D eigenvalue weighted by Crippen LogP contribution is -2.37. The lowest BCUT2D eigenvalue weighted by atomic mass is 9.86. The molecular weight excluding hydrogens is 252 g/mol. The van der Waals surface area contributed by atoms with Crippen LogP contribution in [0.5, 0.6) is 0 Å². The summed E-state index contributed by atoms with van der Waals surface area (Å²) >= 11 is 0. The van der Waals surface area contributed by atoms with Gasteiger partial charge in [-0.15, -0.1) is 0 Å². The zero-order valence-corrected chi connectivity index (χ0v) is 11.6. The van der Waals surface area contributed by atoms with Gasteiger partial charge in [-0.1, -0.05) is 30.3 Å². The Bertz CT molecular complexity index is 588. The maximum absolute atomic E-state index is 12.5.